The van der Waals surface area contributed by atoms with Gasteiger partial charge in [-0.3, -0.25) is 19.2 Å². The van der Waals surface area contributed by atoms with Gasteiger partial charge in [0.2, 0.25) is 17.8 Å². The number of nitrogens with one attached hydrogen (secondary N) is 3. The standard InChI is InChI=1S/C51H61ClN10O10S/c1-29(2)45(42-19-30(3)59-72-42)50(67)62-26-36(63)23-40(62)48(65)54-24-33-8-7-32(46-31(4)56-28-73-46)21-41(33)70-18-16-68-15-17-69-37-11-13-61(14-12-37)51-55-25-38(52)47(58-51)57-35-9-10-39-34(20-35)22-43(49(66)60(39)6)71-27-44(64)53-5/h7-10,19-22,25,28-29,36-37,40,45,63H,11-18,23-24,26-27H2,1-6H3,(H,53,64)(H,54,65)(H,55,57,58)/t36-,40+,45?/m1/s1. The second-order valence-corrected chi connectivity index (χ2v) is 19.7. The van der Waals surface area contributed by atoms with Crippen molar-refractivity contribution in [2.24, 2.45) is 13.0 Å². The lowest BCUT2D eigenvalue weighted by atomic mass is 9.91. The van der Waals surface area contributed by atoms with E-state index in [2.05, 4.69) is 36.0 Å². The summed E-state index contributed by atoms with van der Waals surface area (Å²) in [7, 11) is 3.14. The fourth-order valence-corrected chi connectivity index (χ4v) is 9.94. The summed E-state index contributed by atoms with van der Waals surface area (Å²) in [4.78, 5) is 70.5. The lowest BCUT2D eigenvalue weighted by molar-refractivity contribution is -0.141. The molecule has 73 heavy (non-hydrogen) atoms. The lowest BCUT2D eigenvalue weighted by Crippen LogP contribution is -2.48. The van der Waals surface area contributed by atoms with E-state index in [1.165, 1.54) is 27.9 Å². The first-order valence-electron chi connectivity index (χ1n) is 24.2. The number of amides is 3. The minimum Gasteiger partial charge on any atom is -0.491 e. The van der Waals surface area contributed by atoms with Crippen LogP contribution in [0, 0.1) is 19.8 Å². The number of hydrogen-bond acceptors (Lipinski definition) is 17. The van der Waals surface area contributed by atoms with Crippen LogP contribution < -0.4 is 35.9 Å². The summed E-state index contributed by atoms with van der Waals surface area (Å²) >= 11 is 8.09. The number of nitrogens with zero attached hydrogens (tertiary/aromatic N) is 7. The molecular formula is C51H61ClN10O10S. The molecule has 3 amide bonds. The van der Waals surface area contributed by atoms with Gasteiger partial charge in [-0.15, -0.1) is 11.3 Å². The van der Waals surface area contributed by atoms with Crippen molar-refractivity contribution in [3.05, 3.63) is 98.3 Å². The third-order valence-corrected chi connectivity index (χ3v) is 14.1. The topological polar surface area (TPSA) is 238 Å². The number of hydrogen-bond donors (Lipinski definition) is 4. The number of carbonyl (C=O) groups excluding carboxylic acids is 3. The Morgan fingerprint density at radius 3 is 2.51 bits per heavy atom. The maximum Gasteiger partial charge on any atom is 0.293 e. The molecule has 0 saturated carbocycles. The van der Waals surface area contributed by atoms with Gasteiger partial charge in [0, 0.05) is 69.4 Å². The number of likely N-dealkylation sites (N-methyl/N-ethyl adjacent to an activating group) is 1. The van der Waals surface area contributed by atoms with Gasteiger partial charge >= 0.3 is 0 Å². The van der Waals surface area contributed by atoms with E-state index in [9.17, 15) is 24.3 Å². The molecule has 2 fully saturated rings. The molecule has 8 rings (SSSR count). The van der Waals surface area contributed by atoms with Crippen molar-refractivity contribution >= 4 is 69.0 Å². The molecule has 4 N–H and O–H groups in total. The van der Waals surface area contributed by atoms with Gasteiger partial charge < -0.3 is 58.9 Å². The number of aliphatic hydroxyl groups excluding tert-OH is 1. The third kappa shape index (κ3) is 12.8. The Morgan fingerprint density at radius 1 is 0.986 bits per heavy atom. The van der Waals surface area contributed by atoms with Crippen LogP contribution in [0.25, 0.3) is 21.3 Å². The molecule has 22 heteroatoms. The maximum atomic E-state index is 13.9. The van der Waals surface area contributed by atoms with Crippen LogP contribution in [0.3, 0.4) is 0 Å². The van der Waals surface area contributed by atoms with Gasteiger partial charge in [0.05, 0.1) is 65.5 Å². The highest BCUT2D eigenvalue weighted by Gasteiger charge is 2.43. The zero-order valence-electron chi connectivity index (χ0n) is 41.7. The highest BCUT2D eigenvalue weighted by Crippen LogP contribution is 2.34. The molecule has 388 valence electrons. The van der Waals surface area contributed by atoms with Crippen molar-refractivity contribution in [3.63, 3.8) is 0 Å². The number of aromatic nitrogens is 5. The Labute approximate surface area is 431 Å². The molecule has 3 atom stereocenters. The highest BCUT2D eigenvalue weighted by atomic mass is 35.5. The molecule has 0 spiro atoms. The number of carbonyl (C=O) groups is 3. The van der Waals surface area contributed by atoms with Crippen LogP contribution in [0.4, 0.5) is 17.5 Å². The number of aliphatic hydroxyl groups is 1. The van der Waals surface area contributed by atoms with E-state index in [1.807, 2.05) is 57.2 Å². The van der Waals surface area contributed by atoms with Crippen molar-refractivity contribution in [2.45, 2.75) is 77.7 Å². The predicted octanol–water partition coefficient (Wildman–Crippen LogP) is 5.68. The minimum atomic E-state index is -0.862. The summed E-state index contributed by atoms with van der Waals surface area (Å²) in [6.07, 6.45) is 2.39. The predicted molar refractivity (Wildman–Crippen MR) is 276 cm³/mol. The molecule has 2 aliphatic rings. The lowest BCUT2D eigenvalue weighted by Gasteiger charge is -2.32. The third-order valence-electron chi connectivity index (χ3n) is 12.9. The van der Waals surface area contributed by atoms with E-state index >= 15 is 0 Å². The van der Waals surface area contributed by atoms with E-state index in [4.69, 9.17) is 40.1 Å². The Morgan fingerprint density at radius 2 is 1.78 bits per heavy atom. The van der Waals surface area contributed by atoms with Gasteiger partial charge in [0.25, 0.3) is 11.5 Å². The molecule has 0 radical (unpaired) electrons. The number of piperidine rings is 1. The number of benzene rings is 2. The molecule has 4 aromatic heterocycles. The molecule has 20 nitrogen and oxygen atoms in total. The van der Waals surface area contributed by atoms with Gasteiger partial charge in [-0.2, -0.15) is 4.98 Å². The number of aryl methyl sites for hydroxylation is 3. The largest absolute Gasteiger partial charge is 0.491 e. The quantitative estimate of drug-likeness (QED) is 0.0635. The summed E-state index contributed by atoms with van der Waals surface area (Å²) in [6.45, 7) is 10.1. The number of ether oxygens (including phenoxy) is 4. The van der Waals surface area contributed by atoms with E-state index < -0.39 is 18.1 Å². The molecule has 0 bridgehead atoms. The summed E-state index contributed by atoms with van der Waals surface area (Å²) < 4.78 is 30.9. The zero-order chi connectivity index (χ0) is 51.8. The Balaban J connectivity index is 0.802. The molecule has 6 heterocycles. The first-order chi connectivity index (χ1) is 35.2. The molecular weight excluding hydrogens is 980 g/mol. The number of fused-ring (bicyclic) bond motifs is 1. The second kappa shape index (κ2) is 23.9. The van der Waals surface area contributed by atoms with Gasteiger partial charge in [0.1, 0.15) is 35.1 Å². The van der Waals surface area contributed by atoms with Crippen molar-refractivity contribution in [3.8, 4) is 21.9 Å². The van der Waals surface area contributed by atoms with Gasteiger partial charge in [-0.1, -0.05) is 42.7 Å². The van der Waals surface area contributed by atoms with Crippen molar-refractivity contribution in [1.82, 2.24) is 40.2 Å². The van der Waals surface area contributed by atoms with Crippen LogP contribution in [-0.4, -0.2) is 130 Å². The molecule has 2 saturated heterocycles. The average Bonchev–Trinajstić information content (AvgIpc) is 4.13. The van der Waals surface area contributed by atoms with Crippen LogP contribution in [0.2, 0.25) is 5.02 Å². The van der Waals surface area contributed by atoms with E-state index in [1.54, 1.807) is 37.8 Å². The van der Waals surface area contributed by atoms with Gasteiger partial charge in [-0.25, -0.2) is 9.97 Å². The van der Waals surface area contributed by atoms with Crippen LogP contribution >= 0.6 is 22.9 Å². The number of anilines is 3. The Kier molecular flexibility index (Phi) is 17.3. The Hall–Kier alpha value is -6.65. The van der Waals surface area contributed by atoms with Crippen LogP contribution in [0.15, 0.2) is 69.6 Å². The normalized spacial score (nSPS) is 16.5. The maximum absolute atomic E-state index is 13.9. The van der Waals surface area contributed by atoms with Gasteiger partial charge in [0.15, 0.2) is 18.2 Å². The van der Waals surface area contributed by atoms with Gasteiger partial charge in [-0.05, 0) is 68.5 Å². The molecule has 0 aliphatic carbocycles. The number of halogens is 1. The zero-order valence-corrected chi connectivity index (χ0v) is 43.3. The fraction of sp³-hybridized carbons (Fsp3) is 0.451. The summed E-state index contributed by atoms with van der Waals surface area (Å²) in [5.74, 6) is 0.231. The van der Waals surface area contributed by atoms with Crippen LogP contribution in [-0.2, 0) is 37.4 Å². The first kappa shape index (κ1) is 52.7. The van der Waals surface area contributed by atoms with Crippen molar-refractivity contribution in [1.29, 1.82) is 0 Å². The Bertz CT molecular complexity index is 2970. The monoisotopic (exact) mass is 1040 g/mol. The molecule has 2 aromatic carbocycles. The van der Waals surface area contributed by atoms with E-state index in [0.717, 1.165) is 34.5 Å². The number of likely N-dealkylation sites (tertiary alicyclic amines) is 1. The highest BCUT2D eigenvalue weighted by molar-refractivity contribution is 7.13. The van der Waals surface area contributed by atoms with Crippen LogP contribution in [0.5, 0.6) is 11.5 Å². The number of rotatable bonds is 21. The average molecular weight is 1040 g/mol. The molecule has 2 aliphatic heterocycles. The summed E-state index contributed by atoms with van der Waals surface area (Å²) in [5, 5.41) is 24.4. The first-order valence-corrected chi connectivity index (χ1v) is 25.5. The van der Waals surface area contributed by atoms with Crippen molar-refractivity contribution < 1.29 is 43.0 Å². The van der Waals surface area contributed by atoms with Crippen LogP contribution in [0.1, 0.15) is 61.7 Å². The minimum absolute atomic E-state index is 0.0300. The molecule has 6 aromatic rings. The second-order valence-electron chi connectivity index (χ2n) is 18.4. The number of pyridine rings is 1. The number of thiazole rings is 1. The van der Waals surface area contributed by atoms with E-state index in [-0.39, 0.29) is 73.8 Å². The fourth-order valence-electron chi connectivity index (χ4n) is 9.00. The smallest absolute Gasteiger partial charge is 0.293 e. The summed E-state index contributed by atoms with van der Waals surface area (Å²) in [6, 6.07) is 13.8. The molecule has 1 unspecified atom stereocenters. The summed E-state index contributed by atoms with van der Waals surface area (Å²) in [5.41, 5.74) is 6.03. The SMILES string of the molecule is CNC(=O)COc1cc2cc(Nc3nc(N4CCC(OCCOCCOc5cc(-c6scnc6C)ccc5CNC(=O)[C@@H]5C[C@@H](O)CN5C(=O)C(c5cc(C)no5)C(C)C)CC4)ncc3Cl)ccc2n(C)c1=O. The number of β-amino-alcohol motifs (C(OH)–C–C–N with tert-alkyl or cyclic N) is 1. The van der Waals surface area contributed by atoms with Crippen molar-refractivity contribution in [2.75, 3.05) is 69.9 Å². The van der Waals surface area contributed by atoms with E-state index in [0.29, 0.717) is 83.5 Å².